The zero-order valence-electron chi connectivity index (χ0n) is 15.9. The molecule has 2 fully saturated rings. The summed E-state index contributed by atoms with van der Waals surface area (Å²) in [6, 6.07) is 27.1. The molecule has 3 aromatic rings. The largest absolute Gasteiger partial charge is 0.273 e. The summed E-state index contributed by atoms with van der Waals surface area (Å²) in [5, 5.41) is 10.7. The zero-order chi connectivity index (χ0) is 20.7. The summed E-state index contributed by atoms with van der Waals surface area (Å²) in [5.74, 6) is -1.37. The number of fused-ring (bicyclic) bond motifs is 1. The molecule has 2 aliphatic rings. The number of anilines is 2. The average Bonchev–Trinajstić information content (AvgIpc) is 3.31. The molecule has 30 heavy (non-hydrogen) atoms. The molecule has 6 nitrogen and oxygen atoms in total. The summed E-state index contributed by atoms with van der Waals surface area (Å²) >= 11 is 0. The molecule has 0 N–H and O–H groups in total. The molecular weight excluding hydrogens is 378 g/mol. The third kappa shape index (κ3) is 2.76. The standard InChI is InChI=1S/C24H17N3O3/c25-15-16-11-13-18(14-12-16)26-23(28)20-21(17-7-3-1-4-8-17)27(30-22(20)24(26)29)19-9-5-2-6-10-19/h1-14,20-22H/t20-,21-,22-/m1/s1. The van der Waals surface area contributed by atoms with Gasteiger partial charge in [0.05, 0.1) is 29.0 Å². The molecule has 2 amide bonds. The number of carbonyl (C=O) groups is 2. The number of hydroxylamine groups is 1. The van der Waals surface area contributed by atoms with E-state index in [-0.39, 0.29) is 5.91 Å². The minimum absolute atomic E-state index is 0.304. The van der Waals surface area contributed by atoms with E-state index in [9.17, 15) is 9.59 Å². The van der Waals surface area contributed by atoms with Crippen molar-refractivity contribution in [3.05, 3.63) is 96.1 Å². The van der Waals surface area contributed by atoms with E-state index in [1.807, 2.05) is 66.7 Å². The van der Waals surface area contributed by atoms with Crippen molar-refractivity contribution in [1.29, 1.82) is 5.26 Å². The second-order valence-electron chi connectivity index (χ2n) is 7.24. The fourth-order valence-electron chi connectivity index (χ4n) is 4.14. The Morgan fingerprint density at radius 2 is 1.40 bits per heavy atom. The average molecular weight is 395 g/mol. The summed E-state index contributed by atoms with van der Waals surface area (Å²) in [6.07, 6.45) is -0.904. The van der Waals surface area contributed by atoms with Gasteiger partial charge in [0.25, 0.3) is 5.91 Å². The van der Waals surface area contributed by atoms with Gasteiger partial charge in [-0.3, -0.25) is 14.4 Å². The lowest BCUT2D eigenvalue weighted by Crippen LogP contribution is -2.37. The molecular formula is C24H17N3O3. The van der Waals surface area contributed by atoms with Crippen LogP contribution in [0.3, 0.4) is 0 Å². The van der Waals surface area contributed by atoms with Crippen LogP contribution in [0.4, 0.5) is 11.4 Å². The number of benzene rings is 3. The topological polar surface area (TPSA) is 73.6 Å². The van der Waals surface area contributed by atoms with Crippen molar-refractivity contribution in [2.75, 3.05) is 9.96 Å². The number of nitrogens with zero attached hydrogens (tertiary/aromatic N) is 3. The predicted molar refractivity (Wildman–Crippen MR) is 110 cm³/mol. The fraction of sp³-hybridized carbons (Fsp3) is 0.125. The molecule has 6 heteroatoms. The molecule has 0 spiro atoms. The summed E-state index contributed by atoms with van der Waals surface area (Å²) in [7, 11) is 0. The Bertz CT molecular complexity index is 1140. The van der Waals surface area contributed by atoms with Crippen LogP contribution in [0, 0.1) is 17.2 Å². The lowest BCUT2D eigenvalue weighted by atomic mass is 9.90. The van der Waals surface area contributed by atoms with E-state index in [0.717, 1.165) is 11.3 Å². The van der Waals surface area contributed by atoms with Gasteiger partial charge in [-0.05, 0) is 42.0 Å². The number of hydrogen-bond donors (Lipinski definition) is 0. The van der Waals surface area contributed by atoms with Gasteiger partial charge in [0.2, 0.25) is 5.91 Å². The summed E-state index contributed by atoms with van der Waals surface area (Å²) < 4.78 is 0. The molecule has 3 aromatic carbocycles. The second kappa shape index (κ2) is 7.14. The fourth-order valence-corrected chi connectivity index (χ4v) is 4.14. The molecule has 146 valence electrons. The quantitative estimate of drug-likeness (QED) is 0.634. The van der Waals surface area contributed by atoms with Crippen LogP contribution >= 0.6 is 0 Å². The highest BCUT2D eigenvalue weighted by Crippen LogP contribution is 2.47. The first-order chi connectivity index (χ1) is 14.7. The molecule has 3 atom stereocenters. The first kappa shape index (κ1) is 18.1. The molecule has 2 aliphatic heterocycles. The SMILES string of the molecule is N#Cc1ccc(N2C(=O)[C@@H]3[C@@H](c4ccccc4)N(c4ccccc4)O[C@H]3C2=O)cc1. The Balaban J connectivity index is 1.56. The highest BCUT2D eigenvalue weighted by Gasteiger charge is 2.60. The van der Waals surface area contributed by atoms with Crippen LogP contribution < -0.4 is 9.96 Å². The van der Waals surface area contributed by atoms with Crippen LogP contribution in [0.2, 0.25) is 0 Å². The lowest BCUT2D eigenvalue weighted by Gasteiger charge is -2.28. The highest BCUT2D eigenvalue weighted by atomic mass is 16.7. The first-order valence-electron chi connectivity index (χ1n) is 9.63. The number of carbonyl (C=O) groups excluding carboxylic acids is 2. The smallest absolute Gasteiger partial charge is 0.266 e. The maximum absolute atomic E-state index is 13.4. The molecule has 2 heterocycles. The normalized spacial score (nSPS) is 22.8. The first-order valence-corrected chi connectivity index (χ1v) is 9.63. The van der Waals surface area contributed by atoms with Gasteiger partial charge >= 0.3 is 0 Å². The van der Waals surface area contributed by atoms with Gasteiger partial charge in [-0.1, -0.05) is 48.5 Å². The highest BCUT2D eigenvalue weighted by molar-refractivity contribution is 6.23. The Kier molecular flexibility index (Phi) is 4.31. The van der Waals surface area contributed by atoms with Crippen molar-refractivity contribution in [2.45, 2.75) is 12.1 Å². The van der Waals surface area contributed by atoms with Crippen molar-refractivity contribution in [1.82, 2.24) is 0 Å². The van der Waals surface area contributed by atoms with Crippen LogP contribution in [0.5, 0.6) is 0 Å². The molecule has 0 saturated carbocycles. The summed E-state index contributed by atoms with van der Waals surface area (Å²) in [5.41, 5.74) is 2.59. The van der Waals surface area contributed by atoms with E-state index in [0.29, 0.717) is 11.3 Å². The maximum atomic E-state index is 13.4. The zero-order valence-corrected chi connectivity index (χ0v) is 15.9. The number of nitriles is 1. The molecule has 0 unspecified atom stereocenters. The van der Waals surface area contributed by atoms with Gasteiger partial charge in [0.1, 0.15) is 5.92 Å². The summed E-state index contributed by atoms with van der Waals surface area (Å²) in [6.45, 7) is 0. The van der Waals surface area contributed by atoms with Crippen LogP contribution in [0.25, 0.3) is 0 Å². The minimum Gasteiger partial charge on any atom is -0.273 e. The van der Waals surface area contributed by atoms with Crippen molar-refractivity contribution >= 4 is 23.2 Å². The van der Waals surface area contributed by atoms with Gasteiger partial charge < -0.3 is 0 Å². The minimum atomic E-state index is -0.904. The number of para-hydroxylation sites is 1. The Hall–Kier alpha value is -3.95. The Labute approximate surface area is 173 Å². The van der Waals surface area contributed by atoms with E-state index < -0.39 is 24.0 Å². The number of rotatable bonds is 3. The second-order valence-corrected chi connectivity index (χ2v) is 7.24. The van der Waals surface area contributed by atoms with E-state index in [1.165, 1.54) is 4.90 Å². The monoisotopic (exact) mass is 395 g/mol. The van der Waals surface area contributed by atoms with E-state index in [2.05, 4.69) is 0 Å². The van der Waals surface area contributed by atoms with Crippen LogP contribution in [0.1, 0.15) is 17.2 Å². The van der Waals surface area contributed by atoms with Gasteiger partial charge in [0.15, 0.2) is 6.10 Å². The van der Waals surface area contributed by atoms with Crippen LogP contribution in [-0.2, 0) is 14.4 Å². The van der Waals surface area contributed by atoms with Gasteiger partial charge in [0, 0.05) is 0 Å². The summed E-state index contributed by atoms with van der Waals surface area (Å²) in [4.78, 5) is 33.9. The van der Waals surface area contributed by atoms with Gasteiger partial charge in [-0.25, -0.2) is 9.96 Å². The maximum Gasteiger partial charge on any atom is 0.266 e. The number of imide groups is 1. The van der Waals surface area contributed by atoms with E-state index in [1.54, 1.807) is 29.3 Å². The molecule has 5 rings (SSSR count). The van der Waals surface area contributed by atoms with Crippen molar-refractivity contribution in [3.8, 4) is 6.07 Å². The van der Waals surface area contributed by atoms with Gasteiger partial charge in [-0.2, -0.15) is 5.26 Å². The molecule has 0 bridgehead atoms. The molecule has 2 saturated heterocycles. The number of hydrogen-bond acceptors (Lipinski definition) is 5. The Morgan fingerprint density at radius 1 is 0.767 bits per heavy atom. The number of amides is 2. The van der Waals surface area contributed by atoms with E-state index in [4.69, 9.17) is 10.1 Å². The van der Waals surface area contributed by atoms with Crippen molar-refractivity contribution in [3.63, 3.8) is 0 Å². The third-order valence-corrected chi connectivity index (χ3v) is 5.52. The molecule has 0 aromatic heterocycles. The van der Waals surface area contributed by atoms with Crippen molar-refractivity contribution in [2.24, 2.45) is 5.92 Å². The van der Waals surface area contributed by atoms with Crippen LogP contribution in [0.15, 0.2) is 84.9 Å². The predicted octanol–water partition coefficient (Wildman–Crippen LogP) is 3.61. The lowest BCUT2D eigenvalue weighted by molar-refractivity contribution is -0.126. The Morgan fingerprint density at radius 3 is 2.03 bits per heavy atom. The van der Waals surface area contributed by atoms with Crippen LogP contribution in [-0.4, -0.2) is 17.9 Å². The third-order valence-electron chi connectivity index (χ3n) is 5.52. The molecule has 0 radical (unpaired) electrons. The molecule has 0 aliphatic carbocycles. The van der Waals surface area contributed by atoms with Crippen molar-refractivity contribution < 1.29 is 14.4 Å². The van der Waals surface area contributed by atoms with E-state index >= 15 is 0 Å². The van der Waals surface area contributed by atoms with Gasteiger partial charge in [-0.15, -0.1) is 0 Å².